The van der Waals surface area contributed by atoms with Crippen LogP contribution in [-0.2, 0) is 20.7 Å². The van der Waals surface area contributed by atoms with Gasteiger partial charge >= 0.3 is 6.09 Å². The summed E-state index contributed by atoms with van der Waals surface area (Å²) >= 11 is 0. The minimum absolute atomic E-state index is 0.122. The average molecular weight is 596 g/mol. The highest BCUT2D eigenvalue weighted by Gasteiger charge is 2.36. The molecule has 0 aliphatic carbocycles. The predicted octanol–water partition coefficient (Wildman–Crippen LogP) is 6.98. The molecule has 2 atom stereocenters. The fourth-order valence-electron chi connectivity index (χ4n) is 4.94. The molecule has 0 radical (unpaired) electrons. The van der Waals surface area contributed by atoms with Crippen molar-refractivity contribution < 1.29 is 24.2 Å². The number of rotatable bonds is 17. The van der Waals surface area contributed by atoms with Crippen LogP contribution in [0.3, 0.4) is 0 Å². The van der Waals surface area contributed by atoms with Crippen LogP contribution in [0.5, 0.6) is 5.75 Å². The van der Waals surface area contributed by atoms with E-state index in [-0.39, 0.29) is 24.0 Å². The second-order valence-corrected chi connectivity index (χ2v) is 12.3. The molecule has 0 aliphatic heterocycles. The van der Waals surface area contributed by atoms with E-state index in [0.717, 1.165) is 56.9 Å². The van der Waals surface area contributed by atoms with E-state index >= 15 is 0 Å². The van der Waals surface area contributed by atoms with Gasteiger partial charge in [-0.25, -0.2) is 4.79 Å². The third-order valence-corrected chi connectivity index (χ3v) is 7.23. The van der Waals surface area contributed by atoms with Gasteiger partial charge in [-0.3, -0.25) is 9.59 Å². The molecule has 2 unspecified atom stereocenters. The molecule has 43 heavy (non-hydrogen) atoms. The first-order chi connectivity index (χ1) is 20.5. The van der Waals surface area contributed by atoms with Gasteiger partial charge in [-0.05, 0) is 69.4 Å². The van der Waals surface area contributed by atoms with E-state index < -0.39 is 23.8 Å². The van der Waals surface area contributed by atoms with Gasteiger partial charge in [-0.2, -0.15) is 0 Å². The molecule has 238 valence electrons. The Kier molecular flexibility index (Phi) is 15.1. The van der Waals surface area contributed by atoms with Crippen LogP contribution in [0.15, 0.2) is 48.5 Å². The molecule has 8 nitrogen and oxygen atoms in total. The molecule has 8 heteroatoms. The Labute approximate surface area is 258 Å². The Bertz CT molecular complexity index is 1150. The summed E-state index contributed by atoms with van der Waals surface area (Å²) in [4.78, 5) is 43.0. The van der Waals surface area contributed by atoms with E-state index in [1.807, 2.05) is 30.3 Å². The monoisotopic (exact) mass is 595 g/mol. The van der Waals surface area contributed by atoms with Crippen molar-refractivity contribution in [3.63, 3.8) is 0 Å². The molecule has 3 amide bonds. The molecular weight excluding hydrogens is 542 g/mol. The van der Waals surface area contributed by atoms with Crippen LogP contribution < -0.4 is 10.6 Å². The third-order valence-electron chi connectivity index (χ3n) is 7.23. The molecule has 2 aromatic rings. The highest BCUT2D eigenvalue weighted by atomic mass is 16.6. The Morgan fingerprint density at radius 3 is 2.19 bits per heavy atom. The SMILES string of the molecule is CCCCCCCCN(C(=O)C(Cc1ccccc1)NC(=O)OC(C)(C)C)C(C(=O)NCCCC)c1ccc(O)c(C)c1. The number of hydrogen-bond acceptors (Lipinski definition) is 5. The summed E-state index contributed by atoms with van der Waals surface area (Å²) in [7, 11) is 0. The van der Waals surface area contributed by atoms with E-state index in [1.54, 1.807) is 50.8 Å². The first kappa shape index (κ1) is 35.6. The fourth-order valence-corrected chi connectivity index (χ4v) is 4.94. The number of nitrogens with one attached hydrogen (secondary N) is 2. The number of carbonyl (C=O) groups is 3. The van der Waals surface area contributed by atoms with Crippen molar-refractivity contribution in [1.82, 2.24) is 15.5 Å². The van der Waals surface area contributed by atoms with Crippen molar-refractivity contribution in [3.8, 4) is 5.75 Å². The Hall–Kier alpha value is -3.55. The maximum Gasteiger partial charge on any atom is 0.408 e. The van der Waals surface area contributed by atoms with Gasteiger partial charge in [0.1, 0.15) is 23.4 Å². The zero-order valence-corrected chi connectivity index (χ0v) is 27.1. The highest BCUT2D eigenvalue weighted by Crippen LogP contribution is 2.28. The van der Waals surface area contributed by atoms with Gasteiger partial charge in [-0.1, -0.05) is 88.8 Å². The number of ether oxygens (including phenoxy) is 1. The van der Waals surface area contributed by atoms with E-state index in [0.29, 0.717) is 24.2 Å². The van der Waals surface area contributed by atoms with Crippen molar-refractivity contribution in [2.75, 3.05) is 13.1 Å². The number of carbonyl (C=O) groups excluding carboxylic acids is 3. The second-order valence-electron chi connectivity index (χ2n) is 12.3. The van der Waals surface area contributed by atoms with Crippen molar-refractivity contribution in [2.45, 2.75) is 117 Å². The summed E-state index contributed by atoms with van der Waals surface area (Å²) in [6, 6.07) is 12.6. The zero-order chi connectivity index (χ0) is 31.8. The standard InChI is InChI=1S/C35H53N3O5/c1-7-9-11-12-13-17-23-38(31(32(40)36-22-10-8-2)28-20-21-30(39)26(3)24-28)33(41)29(25-27-18-15-14-16-19-27)37-34(42)43-35(4,5)6/h14-16,18-21,24,29,31,39H,7-13,17,22-23,25H2,1-6H3,(H,36,40)(H,37,42). The van der Waals surface area contributed by atoms with E-state index in [4.69, 9.17) is 4.74 Å². The number of benzene rings is 2. The molecule has 0 heterocycles. The molecule has 0 fully saturated rings. The van der Waals surface area contributed by atoms with Crippen molar-refractivity contribution in [2.24, 2.45) is 0 Å². The summed E-state index contributed by atoms with van der Waals surface area (Å²) in [5.41, 5.74) is 1.36. The molecule has 3 N–H and O–H groups in total. The second kappa shape index (κ2) is 18.2. The summed E-state index contributed by atoms with van der Waals surface area (Å²) in [5.74, 6) is -0.519. The number of phenolic OH excluding ortho intramolecular Hbond substituents is 1. The lowest BCUT2D eigenvalue weighted by molar-refractivity contribution is -0.142. The number of hydrogen-bond donors (Lipinski definition) is 3. The number of unbranched alkanes of at least 4 members (excludes halogenated alkanes) is 6. The number of aromatic hydroxyl groups is 1. The van der Waals surface area contributed by atoms with Crippen LogP contribution in [0.2, 0.25) is 0 Å². The van der Waals surface area contributed by atoms with Crippen LogP contribution in [0.25, 0.3) is 0 Å². The Morgan fingerprint density at radius 1 is 0.907 bits per heavy atom. The van der Waals surface area contributed by atoms with E-state index in [2.05, 4.69) is 24.5 Å². The van der Waals surface area contributed by atoms with Crippen LogP contribution in [0, 0.1) is 6.92 Å². The summed E-state index contributed by atoms with van der Waals surface area (Å²) in [6.07, 6.45) is 7.40. The van der Waals surface area contributed by atoms with Gasteiger partial charge in [0.25, 0.3) is 0 Å². The molecule has 0 spiro atoms. The third kappa shape index (κ3) is 12.7. The highest BCUT2D eigenvalue weighted by molar-refractivity contribution is 5.92. The van der Waals surface area contributed by atoms with Gasteiger partial charge in [0.2, 0.25) is 11.8 Å². The quantitative estimate of drug-likeness (QED) is 0.171. The number of alkyl carbamates (subject to hydrolysis) is 1. The lowest BCUT2D eigenvalue weighted by Crippen LogP contribution is -2.54. The Morgan fingerprint density at radius 2 is 1.56 bits per heavy atom. The largest absolute Gasteiger partial charge is 0.508 e. The zero-order valence-electron chi connectivity index (χ0n) is 27.1. The number of aryl methyl sites for hydroxylation is 1. The van der Waals surface area contributed by atoms with Crippen LogP contribution in [0.1, 0.15) is 109 Å². The summed E-state index contributed by atoms with van der Waals surface area (Å²) in [5, 5.41) is 16.1. The molecular formula is C35H53N3O5. The molecule has 0 saturated heterocycles. The van der Waals surface area contributed by atoms with Gasteiger partial charge in [0.05, 0.1) is 0 Å². The molecule has 0 aromatic heterocycles. The van der Waals surface area contributed by atoms with Crippen molar-refractivity contribution in [1.29, 1.82) is 0 Å². The fraction of sp³-hybridized carbons (Fsp3) is 0.571. The summed E-state index contributed by atoms with van der Waals surface area (Å²) in [6.45, 7) is 12.2. The topological polar surface area (TPSA) is 108 Å². The lowest BCUT2D eigenvalue weighted by Gasteiger charge is -2.35. The average Bonchev–Trinajstić information content (AvgIpc) is 2.95. The Balaban J connectivity index is 2.53. The first-order valence-corrected chi connectivity index (χ1v) is 15.9. The smallest absolute Gasteiger partial charge is 0.408 e. The molecule has 2 aromatic carbocycles. The number of phenols is 1. The number of amides is 3. The molecule has 0 saturated carbocycles. The van der Waals surface area contributed by atoms with Gasteiger partial charge in [0, 0.05) is 19.5 Å². The summed E-state index contributed by atoms with van der Waals surface area (Å²) < 4.78 is 5.53. The van der Waals surface area contributed by atoms with Gasteiger partial charge in [-0.15, -0.1) is 0 Å². The first-order valence-electron chi connectivity index (χ1n) is 15.9. The minimum atomic E-state index is -0.957. The van der Waals surface area contributed by atoms with Crippen LogP contribution in [0.4, 0.5) is 4.79 Å². The van der Waals surface area contributed by atoms with E-state index in [9.17, 15) is 19.5 Å². The molecule has 2 rings (SSSR count). The lowest BCUT2D eigenvalue weighted by atomic mass is 9.98. The van der Waals surface area contributed by atoms with Crippen molar-refractivity contribution >= 4 is 17.9 Å². The maximum atomic E-state index is 14.5. The number of nitrogens with zero attached hydrogens (tertiary/aromatic N) is 1. The molecule has 0 aliphatic rings. The minimum Gasteiger partial charge on any atom is -0.508 e. The van der Waals surface area contributed by atoms with Crippen molar-refractivity contribution in [3.05, 3.63) is 65.2 Å². The maximum absolute atomic E-state index is 14.5. The normalized spacial score (nSPS) is 12.7. The van der Waals surface area contributed by atoms with Gasteiger partial charge < -0.3 is 25.4 Å². The van der Waals surface area contributed by atoms with Crippen LogP contribution in [-0.4, -0.2) is 52.6 Å². The molecule has 0 bridgehead atoms. The van der Waals surface area contributed by atoms with E-state index in [1.165, 1.54) is 0 Å². The van der Waals surface area contributed by atoms with Gasteiger partial charge in [0.15, 0.2) is 0 Å². The predicted molar refractivity (Wildman–Crippen MR) is 172 cm³/mol. The van der Waals surface area contributed by atoms with Crippen LogP contribution >= 0.6 is 0 Å².